The Bertz CT molecular complexity index is 1030. The van der Waals surface area contributed by atoms with Crippen LogP contribution in [0, 0.1) is 0 Å². The highest BCUT2D eigenvalue weighted by Crippen LogP contribution is 2.33. The molecule has 0 amide bonds. The summed E-state index contributed by atoms with van der Waals surface area (Å²) in [7, 11) is 0. The van der Waals surface area contributed by atoms with Crippen LogP contribution in [0.2, 0.25) is 0 Å². The molecule has 0 radical (unpaired) electrons. The van der Waals surface area contributed by atoms with E-state index in [9.17, 15) is 9.59 Å². The molecule has 0 N–H and O–H groups in total. The lowest BCUT2D eigenvalue weighted by atomic mass is 9.85. The zero-order valence-corrected chi connectivity index (χ0v) is 19.4. The molecule has 0 atom stereocenters. The van der Waals surface area contributed by atoms with Crippen LogP contribution in [0.15, 0.2) is 104 Å². The Labute approximate surface area is 205 Å². The number of ether oxygens (including phenoxy) is 4. The van der Waals surface area contributed by atoms with E-state index in [4.69, 9.17) is 18.9 Å². The fraction of sp³-hybridized carbons (Fsp3) is 0.172. The zero-order valence-electron chi connectivity index (χ0n) is 19.4. The molecule has 0 spiro atoms. The van der Waals surface area contributed by atoms with Gasteiger partial charge < -0.3 is 18.9 Å². The van der Waals surface area contributed by atoms with Gasteiger partial charge in [-0.2, -0.15) is 0 Å². The molecular weight excluding hydrogens is 444 g/mol. The number of carbonyl (C=O) groups excluding carboxylic acids is 2. The smallest absolute Gasteiger partial charge is 0.330 e. The minimum absolute atomic E-state index is 0.0152. The van der Waals surface area contributed by atoms with Crippen molar-refractivity contribution < 1.29 is 28.5 Å². The molecule has 0 aromatic heterocycles. The highest BCUT2D eigenvalue weighted by atomic mass is 16.6. The molecule has 35 heavy (non-hydrogen) atoms. The lowest BCUT2D eigenvalue weighted by Gasteiger charge is -2.20. The molecule has 180 valence electrons. The first-order chi connectivity index (χ1) is 17.1. The van der Waals surface area contributed by atoms with Gasteiger partial charge in [0.05, 0.1) is 0 Å². The molecule has 0 aliphatic heterocycles. The molecule has 0 fully saturated rings. The van der Waals surface area contributed by atoms with Crippen LogP contribution in [0.25, 0.3) is 0 Å². The van der Waals surface area contributed by atoms with Gasteiger partial charge in [-0.05, 0) is 41.0 Å². The SMILES string of the molecule is C=CC(=O)OCCOc1ccc(C(c2ccccc2)c2ccc(OCCOC(=O)C=C)cc2)cc1. The summed E-state index contributed by atoms with van der Waals surface area (Å²) in [6.07, 6.45) is 2.25. The molecular formula is C29H28O6. The van der Waals surface area contributed by atoms with Gasteiger partial charge in [-0.1, -0.05) is 67.8 Å². The van der Waals surface area contributed by atoms with E-state index in [2.05, 4.69) is 25.3 Å². The van der Waals surface area contributed by atoms with Crippen LogP contribution in [0.1, 0.15) is 22.6 Å². The van der Waals surface area contributed by atoms with E-state index in [1.54, 1.807) is 0 Å². The van der Waals surface area contributed by atoms with E-state index in [0.717, 1.165) is 28.8 Å². The van der Waals surface area contributed by atoms with Gasteiger partial charge >= 0.3 is 11.9 Å². The first kappa shape index (κ1) is 25.3. The zero-order chi connectivity index (χ0) is 24.9. The van der Waals surface area contributed by atoms with Gasteiger partial charge in [-0.15, -0.1) is 0 Å². The summed E-state index contributed by atoms with van der Waals surface area (Å²) in [6.45, 7) is 7.56. The third-order valence-electron chi connectivity index (χ3n) is 5.09. The van der Waals surface area contributed by atoms with E-state index in [1.807, 2.05) is 66.7 Å². The van der Waals surface area contributed by atoms with E-state index in [0.29, 0.717) is 11.5 Å². The summed E-state index contributed by atoms with van der Waals surface area (Å²) in [6, 6.07) is 26.0. The van der Waals surface area contributed by atoms with Gasteiger partial charge in [-0.25, -0.2) is 9.59 Å². The Morgan fingerprint density at radius 3 is 1.40 bits per heavy atom. The third-order valence-corrected chi connectivity index (χ3v) is 5.09. The monoisotopic (exact) mass is 472 g/mol. The average molecular weight is 473 g/mol. The number of benzene rings is 3. The minimum atomic E-state index is -0.470. The first-order valence-corrected chi connectivity index (χ1v) is 11.2. The van der Waals surface area contributed by atoms with Gasteiger partial charge in [0.1, 0.15) is 37.9 Å². The third kappa shape index (κ3) is 7.89. The van der Waals surface area contributed by atoms with Gasteiger partial charge in [-0.3, -0.25) is 0 Å². The van der Waals surface area contributed by atoms with E-state index < -0.39 is 11.9 Å². The van der Waals surface area contributed by atoms with E-state index in [1.165, 1.54) is 0 Å². The van der Waals surface area contributed by atoms with Gasteiger partial charge in [0, 0.05) is 18.1 Å². The molecule has 6 heteroatoms. The predicted octanol–water partition coefficient (Wildman–Crippen LogP) is 5.08. The standard InChI is InChI=1S/C29H28O6/c1-3-27(30)34-20-18-32-25-14-10-23(11-15-25)29(22-8-6-5-7-9-22)24-12-16-26(17-13-24)33-19-21-35-28(31)4-2/h3-17,29H,1-2,18-21H2. The van der Waals surface area contributed by atoms with Crippen molar-refractivity contribution in [1.82, 2.24) is 0 Å². The molecule has 0 heterocycles. The summed E-state index contributed by atoms with van der Waals surface area (Å²) in [5, 5.41) is 0. The maximum Gasteiger partial charge on any atom is 0.330 e. The van der Waals surface area contributed by atoms with Crippen molar-refractivity contribution in [3.8, 4) is 11.5 Å². The molecule has 0 aliphatic carbocycles. The Kier molecular flexibility index (Phi) is 9.69. The van der Waals surface area contributed by atoms with Crippen LogP contribution in [0.3, 0.4) is 0 Å². The molecule has 6 nitrogen and oxygen atoms in total. The lowest BCUT2D eigenvalue weighted by molar-refractivity contribution is -0.139. The molecule has 3 aromatic carbocycles. The fourth-order valence-corrected chi connectivity index (χ4v) is 3.46. The maximum atomic E-state index is 11.1. The van der Waals surface area contributed by atoms with E-state index in [-0.39, 0.29) is 32.3 Å². The predicted molar refractivity (Wildman–Crippen MR) is 134 cm³/mol. The Hall–Kier alpha value is -4.32. The molecule has 0 unspecified atom stereocenters. The molecule has 0 saturated heterocycles. The van der Waals surface area contributed by atoms with Crippen LogP contribution in [-0.4, -0.2) is 38.4 Å². The van der Waals surface area contributed by atoms with Gasteiger partial charge in [0.15, 0.2) is 0 Å². The molecule has 0 bridgehead atoms. The Balaban J connectivity index is 1.68. The number of hydrogen-bond acceptors (Lipinski definition) is 6. The molecule has 3 rings (SSSR count). The second-order valence-electron chi connectivity index (χ2n) is 7.42. The average Bonchev–Trinajstić information content (AvgIpc) is 2.91. The van der Waals surface area contributed by atoms with Crippen molar-refractivity contribution in [2.24, 2.45) is 0 Å². The van der Waals surface area contributed by atoms with Crippen LogP contribution in [0.5, 0.6) is 11.5 Å². The normalized spacial score (nSPS) is 10.3. The van der Waals surface area contributed by atoms with Crippen LogP contribution >= 0.6 is 0 Å². The number of esters is 2. The Morgan fingerprint density at radius 2 is 1.00 bits per heavy atom. The maximum absolute atomic E-state index is 11.1. The summed E-state index contributed by atoms with van der Waals surface area (Å²) in [5.74, 6) is 0.457. The lowest BCUT2D eigenvalue weighted by Crippen LogP contribution is -2.10. The first-order valence-electron chi connectivity index (χ1n) is 11.2. The summed E-state index contributed by atoms with van der Waals surface area (Å²) >= 11 is 0. The second-order valence-corrected chi connectivity index (χ2v) is 7.42. The van der Waals surface area contributed by atoms with Crippen molar-refractivity contribution in [2.75, 3.05) is 26.4 Å². The van der Waals surface area contributed by atoms with Crippen molar-refractivity contribution in [3.63, 3.8) is 0 Å². The number of rotatable bonds is 13. The van der Waals surface area contributed by atoms with Gasteiger partial charge in [0.25, 0.3) is 0 Å². The summed E-state index contributed by atoms with van der Waals surface area (Å²) in [5.41, 5.74) is 3.36. The van der Waals surface area contributed by atoms with Crippen molar-refractivity contribution >= 4 is 11.9 Å². The highest BCUT2D eigenvalue weighted by molar-refractivity contribution is 5.81. The summed E-state index contributed by atoms with van der Waals surface area (Å²) in [4.78, 5) is 22.2. The molecule has 0 aliphatic rings. The molecule has 3 aromatic rings. The Morgan fingerprint density at radius 1 is 0.600 bits per heavy atom. The van der Waals surface area contributed by atoms with Crippen molar-refractivity contribution in [1.29, 1.82) is 0 Å². The van der Waals surface area contributed by atoms with Crippen molar-refractivity contribution in [2.45, 2.75) is 5.92 Å². The van der Waals surface area contributed by atoms with Crippen LogP contribution in [-0.2, 0) is 19.1 Å². The molecule has 0 saturated carbocycles. The minimum Gasteiger partial charge on any atom is -0.490 e. The topological polar surface area (TPSA) is 71.1 Å². The highest BCUT2D eigenvalue weighted by Gasteiger charge is 2.17. The second kappa shape index (κ2) is 13.4. The summed E-state index contributed by atoms with van der Waals surface area (Å²) < 4.78 is 21.2. The number of carbonyl (C=O) groups is 2. The fourth-order valence-electron chi connectivity index (χ4n) is 3.46. The van der Waals surface area contributed by atoms with Crippen LogP contribution < -0.4 is 9.47 Å². The quantitative estimate of drug-likeness (QED) is 0.149. The van der Waals surface area contributed by atoms with Crippen LogP contribution in [0.4, 0.5) is 0 Å². The van der Waals surface area contributed by atoms with E-state index >= 15 is 0 Å². The largest absolute Gasteiger partial charge is 0.490 e. The van der Waals surface area contributed by atoms with Crippen molar-refractivity contribution in [3.05, 3.63) is 121 Å². The van der Waals surface area contributed by atoms with Gasteiger partial charge in [0.2, 0.25) is 0 Å². The number of hydrogen-bond donors (Lipinski definition) is 0.